The standard InChI is InChI=1S/C12H27NO3/c1-12(2,15-4)6-8-13-7-5-9-16-11-10-14-3/h13H,5-11H2,1-4H3. The Kier molecular flexibility index (Phi) is 9.92. The lowest BCUT2D eigenvalue weighted by molar-refractivity contribution is 0.0157. The van der Waals surface area contributed by atoms with Crippen LogP contribution in [0.2, 0.25) is 0 Å². The Morgan fingerprint density at radius 1 is 1.00 bits per heavy atom. The molecule has 0 atom stereocenters. The van der Waals surface area contributed by atoms with Crippen LogP contribution in [0.3, 0.4) is 0 Å². The maximum atomic E-state index is 5.35. The average Bonchev–Trinajstić information content (AvgIpc) is 2.27. The molecule has 0 aliphatic carbocycles. The molecule has 4 nitrogen and oxygen atoms in total. The molecule has 0 rings (SSSR count). The van der Waals surface area contributed by atoms with Crippen molar-refractivity contribution in [2.24, 2.45) is 0 Å². The minimum absolute atomic E-state index is 0.0258. The van der Waals surface area contributed by atoms with Crippen LogP contribution in [0.5, 0.6) is 0 Å². The first-order chi connectivity index (χ1) is 7.62. The third kappa shape index (κ3) is 10.4. The molecule has 0 aliphatic heterocycles. The summed E-state index contributed by atoms with van der Waals surface area (Å²) in [5.41, 5.74) is -0.0258. The molecular weight excluding hydrogens is 206 g/mol. The van der Waals surface area contributed by atoms with Crippen LogP contribution in [0.4, 0.5) is 0 Å². The molecule has 0 heterocycles. The Balaban J connectivity index is 3.10. The number of nitrogens with one attached hydrogen (secondary N) is 1. The Hall–Kier alpha value is -0.160. The number of hydrogen-bond donors (Lipinski definition) is 1. The molecule has 0 saturated heterocycles. The minimum Gasteiger partial charge on any atom is -0.382 e. The highest BCUT2D eigenvalue weighted by molar-refractivity contribution is 4.68. The van der Waals surface area contributed by atoms with Crippen molar-refractivity contribution in [3.05, 3.63) is 0 Å². The molecule has 0 aliphatic rings. The van der Waals surface area contributed by atoms with Gasteiger partial charge < -0.3 is 19.5 Å². The van der Waals surface area contributed by atoms with Crippen LogP contribution in [-0.2, 0) is 14.2 Å². The first-order valence-corrected chi connectivity index (χ1v) is 5.95. The van der Waals surface area contributed by atoms with Crippen molar-refractivity contribution in [3.8, 4) is 0 Å². The van der Waals surface area contributed by atoms with Crippen molar-refractivity contribution in [1.29, 1.82) is 0 Å². The zero-order valence-electron chi connectivity index (χ0n) is 11.2. The fourth-order valence-corrected chi connectivity index (χ4v) is 1.16. The van der Waals surface area contributed by atoms with Gasteiger partial charge in [-0.3, -0.25) is 0 Å². The van der Waals surface area contributed by atoms with Crippen molar-refractivity contribution in [2.75, 3.05) is 47.1 Å². The van der Waals surface area contributed by atoms with Crippen LogP contribution in [0.25, 0.3) is 0 Å². The highest BCUT2D eigenvalue weighted by Gasteiger charge is 2.14. The van der Waals surface area contributed by atoms with Gasteiger partial charge in [-0.15, -0.1) is 0 Å². The van der Waals surface area contributed by atoms with Crippen LogP contribution in [0.1, 0.15) is 26.7 Å². The van der Waals surface area contributed by atoms with E-state index in [0.29, 0.717) is 13.2 Å². The highest BCUT2D eigenvalue weighted by Crippen LogP contribution is 2.11. The summed E-state index contributed by atoms with van der Waals surface area (Å²) in [6.45, 7) is 8.34. The third-order valence-corrected chi connectivity index (χ3v) is 2.53. The van der Waals surface area contributed by atoms with Gasteiger partial charge in [0.25, 0.3) is 0 Å². The van der Waals surface area contributed by atoms with Gasteiger partial charge in [-0.25, -0.2) is 0 Å². The lowest BCUT2D eigenvalue weighted by Gasteiger charge is -2.22. The number of rotatable bonds is 11. The van der Waals surface area contributed by atoms with Gasteiger partial charge in [-0.05, 0) is 39.8 Å². The highest BCUT2D eigenvalue weighted by atomic mass is 16.5. The topological polar surface area (TPSA) is 39.7 Å². The van der Waals surface area contributed by atoms with Crippen LogP contribution < -0.4 is 5.32 Å². The molecule has 1 N–H and O–H groups in total. The zero-order chi connectivity index (χ0) is 12.3. The van der Waals surface area contributed by atoms with Crippen LogP contribution in [0.15, 0.2) is 0 Å². The maximum absolute atomic E-state index is 5.35. The fourth-order valence-electron chi connectivity index (χ4n) is 1.16. The van der Waals surface area contributed by atoms with E-state index in [1.165, 1.54) is 0 Å². The molecule has 4 heteroatoms. The quantitative estimate of drug-likeness (QED) is 0.548. The molecule has 0 aromatic carbocycles. The number of methoxy groups -OCH3 is 2. The lowest BCUT2D eigenvalue weighted by atomic mass is 10.1. The Labute approximate surface area is 99.6 Å². The Morgan fingerprint density at radius 2 is 1.75 bits per heavy atom. The minimum atomic E-state index is -0.0258. The van der Waals surface area contributed by atoms with Gasteiger partial charge in [0.1, 0.15) is 0 Å². The summed E-state index contributed by atoms with van der Waals surface area (Å²) in [6, 6.07) is 0. The van der Waals surface area contributed by atoms with E-state index < -0.39 is 0 Å². The van der Waals surface area contributed by atoms with Crippen molar-refractivity contribution in [3.63, 3.8) is 0 Å². The monoisotopic (exact) mass is 233 g/mol. The van der Waals surface area contributed by atoms with Gasteiger partial charge >= 0.3 is 0 Å². The Bertz CT molecular complexity index is 151. The third-order valence-electron chi connectivity index (χ3n) is 2.53. The van der Waals surface area contributed by atoms with Gasteiger partial charge in [-0.1, -0.05) is 0 Å². The van der Waals surface area contributed by atoms with Crippen LogP contribution in [-0.4, -0.2) is 52.7 Å². The second-order valence-electron chi connectivity index (χ2n) is 4.42. The second kappa shape index (κ2) is 10.0. The summed E-state index contributed by atoms with van der Waals surface area (Å²) < 4.78 is 15.6. The Morgan fingerprint density at radius 3 is 2.38 bits per heavy atom. The maximum Gasteiger partial charge on any atom is 0.0700 e. The summed E-state index contributed by atoms with van der Waals surface area (Å²) in [5, 5.41) is 3.38. The molecule has 0 aromatic heterocycles. The molecule has 0 saturated carbocycles. The molecule has 0 radical (unpaired) electrons. The molecule has 0 spiro atoms. The summed E-state index contributed by atoms with van der Waals surface area (Å²) in [6.07, 6.45) is 2.06. The van der Waals surface area contributed by atoms with E-state index in [9.17, 15) is 0 Å². The molecule has 98 valence electrons. The summed E-state index contributed by atoms with van der Waals surface area (Å²) in [5.74, 6) is 0. The number of hydrogen-bond acceptors (Lipinski definition) is 4. The van der Waals surface area contributed by atoms with E-state index in [-0.39, 0.29) is 5.60 Å². The molecule has 0 fully saturated rings. The van der Waals surface area contributed by atoms with E-state index in [2.05, 4.69) is 19.2 Å². The summed E-state index contributed by atoms with van der Waals surface area (Å²) >= 11 is 0. The van der Waals surface area contributed by atoms with Gasteiger partial charge in [0, 0.05) is 20.8 Å². The van der Waals surface area contributed by atoms with Crippen LogP contribution in [0, 0.1) is 0 Å². The van der Waals surface area contributed by atoms with E-state index >= 15 is 0 Å². The van der Waals surface area contributed by atoms with Crippen molar-refractivity contribution < 1.29 is 14.2 Å². The first-order valence-electron chi connectivity index (χ1n) is 5.95. The largest absolute Gasteiger partial charge is 0.382 e. The van der Waals surface area contributed by atoms with Gasteiger partial charge in [-0.2, -0.15) is 0 Å². The normalized spacial score (nSPS) is 12.0. The van der Waals surface area contributed by atoms with Gasteiger partial charge in [0.2, 0.25) is 0 Å². The van der Waals surface area contributed by atoms with Gasteiger partial charge in [0.05, 0.1) is 18.8 Å². The van der Waals surface area contributed by atoms with Crippen molar-refractivity contribution in [2.45, 2.75) is 32.3 Å². The van der Waals surface area contributed by atoms with E-state index in [1.807, 2.05) is 0 Å². The predicted octanol–water partition coefficient (Wildman–Crippen LogP) is 1.44. The summed E-state index contributed by atoms with van der Waals surface area (Å²) in [4.78, 5) is 0. The molecule has 16 heavy (non-hydrogen) atoms. The molecule has 0 amide bonds. The van der Waals surface area contributed by atoms with E-state index in [4.69, 9.17) is 14.2 Å². The van der Waals surface area contributed by atoms with Crippen molar-refractivity contribution in [1.82, 2.24) is 5.32 Å². The van der Waals surface area contributed by atoms with E-state index in [1.54, 1.807) is 14.2 Å². The average molecular weight is 233 g/mol. The smallest absolute Gasteiger partial charge is 0.0700 e. The van der Waals surface area contributed by atoms with E-state index in [0.717, 1.165) is 32.5 Å². The molecule has 0 bridgehead atoms. The first kappa shape index (κ1) is 15.8. The van der Waals surface area contributed by atoms with Crippen LogP contribution >= 0.6 is 0 Å². The molecular formula is C12H27NO3. The van der Waals surface area contributed by atoms with Crippen molar-refractivity contribution >= 4 is 0 Å². The summed E-state index contributed by atoms with van der Waals surface area (Å²) in [7, 11) is 3.44. The zero-order valence-corrected chi connectivity index (χ0v) is 11.2. The molecule has 0 aromatic rings. The lowest BCUT2D eigenvalue weighted by Crippen LogP contribution is -2.29. The predicted molar refractivity (Wildman–Crippen MR) is 65.9 cm³/mol. The fraction of sp³-hybridized carbons (Fsp3) is 1.00. The molecule has 0 unspecified atom stereocenters. The second-order valence-corrected chi connectivity index (χ2v) is 4.42. The number of ether oxygens (including phenoxy) is 3. The van der Waals surface area contributed by atoms with Gasteiger partial charge in [0.15, 0.2) is 0 Å². The SMILES string of the molecule is COCCOCCCNCCC(C)(C)OC.